The standard InChI is InChI=1S/C19H18F2N2O2S2/c20-19(21)27(24,25)15-7-5-14(6-8-15)23-11-9-13(10-12-23)18-22-16-3-1-2-4-17(16)26-18/h1-8,13,19H,9-12H2. The van der Waals surface area contributed by atoms with Gasteiger partial charge in [0, 0.05) is 24.7 Å². The van der Waals surface area contributed by atoms with Crippen LogP contribution in [0.3, 0.4) is 0 Å². The first-order chi connectivity index (χ1) is 12.9. The van der Waals surface area contributed by atoms with Gasteiger partial charge in [-0.25, -0.2) is 13.4 Å². The Morgan fingerprint density at radius 2 is 1.70 bits per heavy atom. The molecule has 0 amide bonds. The number of piperidine rings is 1. The Morgan fingerprint density at radius 1 is 1.04 bits per heavy atom. The van der Waals surface area contributed by atoms with Gasteiger partial charge in [-0.2, -0.15) is 8.78 Å². The first-order valence-electron chi connectivity index (χ1n) is 8.68. The first-order valence-corrected chi connectivity index (χ1v) is 11.0. The Labute approximate surface area is 160 Å². The van der Waals surface area contributed by atoms with Crippen molar-refractivity contribution in [1.29, 1.82) is 0 Å². The zero-order valence-corrected chi connectivity index (χ0v) is 16.0. The van der Waals surface area contributed by atoms with Crippen LogP contribution in [-0.4, -0.2) is 32.2 Å². The maximum atomic E-state index is 12.6. The number of benzene rings is 2. The molecule has 142 valence electrons. The van der Waals surface area contributed by atoms with Crippen LogP contribution in [0.4, 0.5) is 14.5 Å². The van der Waals surface area contributed by atoms with Crippen LogP contribution in [0.2, 0.25) is 0 Å². The Bertz CT molecular complexity index is 1010. The molecule has 2 heterocycles. The third kappa shape index (κ3) is 3.55. The van der Waals surface area contributed by atoms with E-state index in [-0.39, 0.29) is 4.90 Å². The van der Waals surface area contributed by atoms with Gasteiger partial charge in [0.2, 0.25) is 9.84 Å². The Balaban J connectivity index is 1.44. The monoisotopic (exact) mass is 408 g/mol. The van der Waals surface area contributed by atoms with E-state index in [2.05, 4.69) is 11.0 Å². The lowest BCUT2D eigenvalue weighted by atomic mass is 9.97. The van der Waals surface area contributed by atoms with Gasteiger partial charge in [-0.1, -0.05) is 12.1 Å². The van der Waals surface area contributed by atoms with Crippen LogP contribution in [0, 0.1) is 0 Å². The molecular weight excluding hydrogens is 390 g/mol. The van der Waals surface area contributed by atoms with Crippen LogP contribution in [0.5, 0.6) is 0 Å². The maximum absolute atomic E-state index is 12.6. The van der Waals surface area contributed by atoms with Crippen molar-refractivity contribution in [2.75, 3.05) is 18.0 Å². The largest absolute Gasteiger partial charge is 0.371 e. The minimum absolute atomic E-state index is 0.342. The number of hydrogen-bond acceptors (Lipinski definition) is 5. The molecule has 1 fully saturated rings. The molecule has 27 heavy (non-hydrogen) atoms. The van der Waals surface area contributed by atoms with Crippen molar-refractivity contribution in [3.63, 3.8) is 0 Å². The van der Waals surface area contributed by atoms with E-state index in [0.29, 0.717) is 5.92 Å². The third-order valence-corrected chi connectivity index (χ3v) is 7.52. The summed E-state index contributed by atoms with van der Waals surface area (Å²) >= 11 is 1.74. The van der Waals surface area contributed by atoms with Gasteiger partial charge in [0.15, 0.2) is 0 Å². The maximum Gasteiger partial charge on any atom is 0.341 e. The molecule has 0 spiro atoms. The molecule has 4 rings (SSSR count). The Hall–Kier alpha value is -2.06. The number of fused-ring (bicyclic) bond motifs is 1. The van der Waals surface area contributed by atoms with Crippen molar-refractivity contribution in [2.24, 2.45) is 0 Å². The van der Waals surface area contributed by atoms with Gasteiger partial charge in [0.05, 0.1) is 20.1 Å². The van der Waals surface area contributed by atoms with Crippen molar-refractivity contribution in [1.82, 2.24) is 4.98 Å². The highest BCUT2D eigenvalue weighted by atomic mass is 32.2. The molecule has 0 radical (unpaired) electrons. The van der Waals surface area contributed by atoms with Gasteiger partial charge in [-0.05, 0) is 49.2 Å². The second-order valence-corrected chi connectivity index (χ2v) is 9.56. The average molecular weight is 408 g/mol. The van der Waals surface area contributed by atoms with E-state index in [4.69, 9.17) is 4.98 Å². The molecule has 0 aliphatic carbocycles. The molecule has 0 N–H and O–H groups in total. The van der Waals surface area contributed by atoms with E-state index in [1.54, 1.807) is 23.5 Å². The number of hydrogen-bond donors (Lipinski definition) is 0. The molecule has 8 heteroatoms. The van der Waals surface area contributed by atoms with E-state index in [1.165, 1.54) is 16.8 Å². The second-order valence-electron chi connectivity index (χ2n) is 6.58. The van der Waals surface area contributed by atoms with Crippen LogP contribution in [0.15, 0.2) is 53.4 Å². The minimum Gasteiger partial charge on any atom is -0.371 e. The first kappa shape index (κ1) is 18.3. The number of nitrogens with zero attached hydrogens (tertiary/aromatic N) is 2. The van der Waals surface area contributed by atoms with Crippen molar-refractivity contribution in [2.45, 2.75) is 29.4 Å². The average Bonchev–Trinajstić information content (AvgIpc) is 3.12. The summed E-state index contributed by atoms with van der Waals surface area (Å²) in [6, 6.07) is 13.9. The van der Waals surface area contributed by atoms with Gasteiger partial charge in [-0.3, -0.25) is 0 Å². The van der Waals surface area contributed by atoms with E-state index in [9.17, 15) is 17.2 Å². The molecule has 1 aliphatic heterocycles. The number of alkyl halides is 2. The number of rotatable bonds is 4. The summed E-state index contributed by atoms with van der Waals surface area (Å²) in [5.41, 5.74) is 1.89. The zero-order chi connectivity index (χ0) is 19.0. The number of thiazole rings is 1. The lowest BCUT2D eigenvalue weighted by Crippen LogP contribution is -2.32. The summed E-state index contributed by atoms with van der Waals surface area (Å²) < 4.78 is 49.5. The number of anilines is 1. The molecule has 0 saturated carbocycles. The third-order valence-electron chi connectivity index (χ3n) is 4.92. The second kappa shape index (κ2) is 7.16. The Kier molecular flexibility index (Phi) is 4.86. The predicted octanol–water partition coefficient (Wildman–Crippen LogP) is 4.68. The van der Waals surface area contributed by atoms with E-state index in [1.807, 2.05) is 18.2 Å². The quantitative estimate of drug-likeness (QED) is 0.629. The summed E-state index contributed by atoms with van der Waals surface area (Å²) in [4.78, 5) is 6.56. The van der Waals surface area contributed by atoms with Crippen LogP contribution in [0.1, 0.15) is 23.8 Å². The highest BCUT2D eigenvalue weighted by molar-refractivity contribution is 7.91. The van der Waals surface area contributed by atoms with E-state index < -0.39 is 15.6 Å². The van der Waals surface area contributed by atoms with Gasteiger partial charge in [0.25, 0.3) is 0 Å². The van der Waals surface area contributed by atoms with Crippen LogP contribution in [0.25, 0.3) is 10.2 Å². The fourth-order valence-corrected chi connectivity index (χ4v) is 5.26. The minimum atomic E-state index is -4.54. The van der Waals surface area contributed by atoms with Crippen LogP contribution >= 0.6 is 11.3 Å². The normalized spacial score (nSPS) is 16.3. The molecule has 1 aliphatic rings. The number of halogens is 2. The van der Waals surface area contributed by atoms with Crippen LogP contribution < -0.4 is 4.90 Å². The zero-order valence-electron chi connectivity index (χ0n) is 14.4. The number of para-hydroxylation sites is 1. The summed E-state index contributed by atoms with van der Waals surface area (Å²) in [5.74, 6) is -2.98. The van der Waals surface area contributed by atoms with Crippen molar-refractivity contribution < 1.29 is 17.2 Å². The molecular formula is C19H18F2N2O2S2. The summed E-state index contributed by atoms with van der Waals surface area (Å²) in [6.07, 6.45) is 1.91. The fraction of sp³-hybridized carbons (Fsp3) is 0.316. The smallest absolute Gasteiger partial charge is 0.341 e. The molecule has 4 nitrogen and oxygen atoms in total. The molecule has 3 aromatic rings. The van der Waals surface area contributed by atoms with E-state index >= 15 is 0 Å². The summed E-state index contributed by atoms with van der Waals surface area (Å²) in [5, 5.41) is 1.16. The molecule has 1 saturated heterocycles. The van der Waals surface area contributed by atoms with Crippen LogP contribution in [-0.2, 0) is 9.84 Å². The van der Waals surface area contributed by atoms with Crippen molar-refractivity contribution in [3.8, 4) is 0 Å². The van der Waals surface area contributed by atoms with Crippen molar-refractivity contribution in [3.05, 3.63) is 53.5 Å². The van der Waals surface area contributed by atoms with Gasteiger partial charge < -0.3 is 4.90 Å². The molecule has 0 bridgehead atoms. The predicted molar refractivity (Wildman–Crippen MR) is 103 cm³/mol. The highest BCUT2D eigenvalue weighted by Gasteiger charge is 2.27. The molecule has 1 aromatic heterocycles. The van der Waals surface area contributed by atoms with Crippen molar-refractivity contribution >= 4 is 37.1 Å². The lowest BCUT2D eigenvalue weighted by molar-refractivity contribution is 0.234. The summed E-state index contributed by atoms with van der Waals surface area (Å²) in [7, 11) is -4.54. The Morgan fingerprint density at radius 3 is 2.33 bits per heavy atom. The van der Waals surface area contributed by atoms with Gasteiger partial charge in [-0.15, -0.1) is 11.3 Å². The molecule has 0 atom stereocenters. The fourth-order valence-electron chi connectivity index (χ4n) is 3.40. The highest BCUT2D eigenvalue weighted by Crippen LogP contribution is 2.35. The molecule has 2 aromatic carbocycles. The number of aromatic nitrogens is 1. The number of sulfone groups is 1. The topological polar surface area (TPSA) is 50.3 Å². The van der Waals surface area contributed by atoms with Gasteiger partial charge in [0.1, 0.15) is 0 Å². The SMILES string of the molecule is O=S(=O)(c1ccc(N2CCC(c3nc4ccccc4s3)CC2)cc1)C(F)F. The van der Waals surface area contributed by atoms with E-state index in [0.717, 1.165) is 42.1 Å². The lowest BCUT2D eigenvalue weighted by Gasteiger charge is -2.33. The van der Waals surface area contributed by atoms with Gasteiger partial charge >= 0.3 is 5.76 Å². The summed E-state index contributed by atoms with van der Waals surface area (Å²) in [6.45, 7) is 1.64. The molecule has 0 unspecified atom stereocenters.